The molecule has 2 aromatic heterocycles. The van der Waals surface area contributed by atoms with Gasteiger partial charge in [0.1, 0.15) is 29.3 Å². The van der Waals surface area contributed by atoms with Crippen molar-refractivity contribution in [1.82, 2.24) is 15.0 Å². The Morgan fingerprint density at radius 3 is 2.42 bits per heavy atom. The van der Waals surface area contributed by atoms with Crippen LogP contribution >= 0.6 is 0 Å². The molecule has 33 heavy (non-hydrogen) atoms. The van der Waals surface area contributed by atoms with Crippen LogP contribution in [0.4, 0.5) is 14.6 Å². The Kier molecular flexibility index (Phi) is 7.28. The summed E-state index contributed by atoms with van der Waals surface area (Å²) in [5, 5.41) is 10.7. The van der Waals surface area contributed by atoms with E-state index in [9.17, 15) is 13.6 Å². The molecular formula is C24H23F2N5O2. The topological polar surface area (TPSA) is 101 Å². The van der Waals surface area contributed by atoms with Crippen molar-refractivity contribution in [3.63, 3.8) is 0 Å². The number of carbonyl (C=O) groups excluding carboxylic acids is 1. The van der Waals surface area contributed by atoms with Crippen LogP contribution in [0.2, 0.25) is 0 Å². The van der Waals surface area contributed by atoms with Gasteiger partial charge in [-0.15, -0.1) is 0 Å². The zero-order chi connectivity index (χ0) is 24.0. The molecule has 9 heteroatoms. The van der Waals surface area contributed by atoms with Gasteiger partial charge in [0, 0.05) is 17.7 Å². The maximum atomic E-state index is 13.5. The quantitative estimate of drug-likeness (QED) is 0.563. The number of nitrogens with one attached hydrogen (secondary N) is 1. The second kappa shape index (κ2) is 10.1. The van der Waals surface area contributed by atoms with E-state index in [-0.39, 0.29) is 5.41 Å². The summed E-state index contributed by atoms with van der Waals surface area (Å²) in [4.78, 5) is 22.1. The summed E-state index contributed by atoms with van der Waals surface area (Å²) in [5.41, 5.74) is 1.56. The molecule has 0 bridgehead atoms. The Morgan fingerprint density at radius 2 is 1.91 bits per heavy atom. The van der Waals surface area contributed by atoms with Crippen molar-refractivity contribution in [2.45, 2.75) is 32.6 Å². The second-order valence-corrected chi connectivity index (χ2v) is 7.88. The summed E-state index contributed by atoms with van der Waals surface area (Å²) in [6, 6.07) is 8.75. The van der Waals surface area contributed by atoms with Crippen molar-refractivity contribution in [2.24, 2.45) is 5.92 Å². The molecule has 2 heterocycles. The Labute approximate surface area is 190 Å². The van der Waals surface area contributed by atoms with Gasteiger partial charge in [0.25, 0.3) is 0 Å². The van der Waals surface area contributed by atoms with E-state index >= 15 is 0 Å². The predicted molar refractivity (Wildman–Crippen MR) is 117 cm³/mol. The average Bonchev–Trinajstić information content (AvgIpc) is 3.44. The summed E-state index contributed by atoms with van der Waals surface area (Å²) >= 11 is 0. The summed E-state index contributed by atoms with van der Waals surface area (Å²) in [5.74, 6) is 0.957. The molecule has 1 aliphatic rings. The first-order valence-electron chi connectivity index (χ1n) is 10.2. The lowest BCUT2D eigenvalue weighted by Crippen LogP contribution is -2.21. The normalized spacial score (nSPS) is 18.4. The summed E-state index contributed by atoms with van der Waals surface area (Å²) in [6.45, 7) is 6.10. The highest BCUT2D eigenvalue weighted by Gasteiger charge is 2.53. The van der Waals surface area contributed by atoms with Crippen LogP contribution < -0.4 is 10.1 Å². The van der Waals surface area contributed by atoms with E-state index in [4.69, 9.17) is 10.00 Å². The zero-order valence-corrected chi connectivity index (χ0v) is 18.5. The Hall–Kier alpha value is -3.93. The Morgan fingerprint density at radius 1 is 1.21 bits per heavy atom. The van der Waals surface area contributed by atoms with E-state index in [0.717, 1.165) is 18.2 Å². The van der Waals surface area contributed by atoms with Gasteiger partial charge in [-0.1, -0.05) is 6.92 Å². The molecule has 0 radical (unpaired) electrons. The molecule has 0 aliphatic heterocycles. The Balaban J connectivity index is 0.000000235. The number of amides is 1. The Bertz CT molecular complexity index is 1160. The van der Waals surface area contributed by atoms with Gasteiger partial charge in [0.2, 0.25) is 6.41 Å². The second-order valence-electron chi connectivity index (χ2n) is 7.88. The number of carbonyl (C=O) groups is 1. The number of ether oxygens (including phenoxy) is 1. The van der Waals surface area contributed by atoms with Crippen molar-refractivity contribution in [3.8, 4) is 11.8 Å². The third kappa shape index (κ3) is 5.86. The summed E-state index contributed by atoms with van der Waals surface area (Å²) in [6.07, 6.45) is 4.42. The molecule has 0 saturated heterocycles. The number of hydrogen-bond donors (Lipinski definition) is 1. The van der Waals surface area contributed by atoms with Crippen LogP contribution in [0.15, 0.2) is 42.7 Å². The smallest absolute Gasteiger partial charge is 0.212 e. The number of benzene rings is 1. The third-order valence-electron chi connectivity index (χ3n) is 5.53. The monoisotopic (exact) mass is 451 g/mol. The van der Waals surface area contributed by atoms with E-state index in [1.807, 2.05) is 19.9 Å². The van der Waals surface area contributed by atoms with E-state index < -0.39 is 11.6 Å². The van der Waals surface area contributed by atoms with Gasteiger partial charge in [-0.2, -0.15) is 5.26 Å². The average molecular weight is 451 g/mol. The van der Waals surface area contributed by atoms with Crippen LogP contribution in [0.5, 0.6) is 5.75 Å². The lowest BCUT2D eigenvalue weighted by atomic mass is 9.94. The maximum Gasteiger partial charge on any atom is 0.212 e. The predicted octanol–water partition coefficient (Wildman–Crippen LogP) is 4.25. The van der Waals surface area contributed by atoms with E-state index in [1.165, 1.54) is 18.3 Å². The van der Waals surface area contributed by atoms with Crippen molar-refractivity contribution in [3.05, 3.63) is 77.0 Å². The van der Waals surface area contributed by atoms with Gasteiger partial charge >= 0.3 is 0 Å². The number of nitriles is 1. The van der Waals surface area contributed by atoms with Crippen molar-refractivity contribution in [1.29, 1.82) is 5.26 Å². The van der Waals surface area contributed by atoms with Gasteiger partial charge in [-0.3, -0.25) is 4.79 Å². The van der Waals surface area contributed by atoms with E-state index in [1.54, 1.807) is 18.3 Å². The number of aryl methyl sites for hydroxylation is 2. The minimum absolute atomic E-state index is 0.320. The first kappa shape index (κ1) is 23.7. The molecule has 170 valence electrons. The molecule has 4 rings (SSSR count). The van der Waals surface area contributed by atoms with Gasteiger partial charge in [-0.25, -0.2) is 23.7 Å². The first-order valence-corrected chi connectivity index (χ1v) is 10.2. The van der Waals surface area contributed by atoms with Crippen LogP contribution in [0.1, 0.15) is 36.0 Å². The third-order valence-corrected chi connectivity index (χ3v) is 5.53. The molecule has 1 aromatic carbocycles. The largest absolute Gasteiger partial charge is 0.489 e. The van der Waals surface area contributed by atoms with Crippen LogP contribution in [-0.4, -0.2) is 28.0 Å². The molecule has 1 fully saturated rings. The molecule has 7 nitrogen and oxygen atoms in total. The maximum absolute atomic E-state index is 13.5. The highest BCUT2D eigenvalue weighted by Crippen LogP contribution is 2.54. The van der Waals surface area contributed by atoms with Crippen LogP contribution in [0.25, 0.3) is 0 Å². The van der Waals surface area contributed by atoms with Crippen molar-refractivity contribution >= 4 is 12.2 Å². The zero-order valence-electron chi connectivity index (χ0n) is 18.5. The first-order chi connectivity index (χ1) is 15.8. The van der Waals surface area contributed by atoms with Crippen LogP contribution in [-0.2, 0) is 10.2 Å². The molecule has 1 N–H and O–H groups in total. The molecule has 1 amide bonds. The molecule has 0 spiro atoms. The van der Waals surface area contributed by atoms with Gasteiger partial charge < -0.3 is 10.1 Å². The number of nitrogens with zero attached hydrogens (tertiary/aromatic N) is 4. The number of hydrogen-bond acceptors (Lipinski definition) is 6. The fourth-order valence-electron chi connectivity index (χ4n) is 3.54. The van der Waals surface area contributed by atoms with Gasteiger partial charge in [0.15, 0.2) is 5.75 Å². The van der Waals surface area contributed by atoms with Crippen LogP contribution in [0.3, 0.4) is 0 Å². The van der Waals surface area contributed by atoms with E-state index in [0.29, 0.717) is 47.5 Å². The number of rotatable bonds is 6. The molecule has 2 atom stereocenters. The number of anilines is 1. The standard InChI is InChI=1S/C17H18F2N2O.C7H5N3O/c1-10-7-17(10,13-4-14(18)6-15(19)5-13)9-22-16-8-20-12(3)21-11(16)2;8-3-6-1-2-7(9-4-6)10-5-11/h4-6,8,10H,7,9H2,1-3H3;1-2,4-5H,(H,9,10,11)/t10?,17-;/m0./s1. The summed E-state index contributed by atoms with van der Waals surface area (Å²) < 4.78 is 32.8. The van der Waals surface area contributed by atoms with Crippen LogP contribution in [0, 0.1) is 42.7 Å². The molecule has 3 aromatic rings. The van der Waals surface area contributed by atoms with Crippen molar-refractivity contribution < 1.29 is 18.3 Å². The highest BCUT2D eigenvalue weighted by molar-refractivity contribution is 5.68. The molecule has 1 unspecified atom stereocenters. The lowest BCUT2D eigenvalue weighted by molar-refractivity contribution is -0.105. The number of halogens is 2. The fourth-order valence-corrected chi connectivity index (χ4v) is 3.54. The fraction of sp³-hybridized carbons (Fsp3) is 0.292. The number of pyridine rings is 1. The SMILES string of the molecule is Cc1ncc(OC[C@@]2(c3cc(F)cc(F)c3)CC2C)c(C)n1.N#Cc1ccc(NC=O)nc1. The molecular weight excluding hydrogens is 428 g/mol. The van der Waals surface area contributed by atoms with E-state index in [2.05, 4.69) is 27.2 Å². The highest BCUT2D eigenvalue weighted by atomic mass is 19.1. The van der Waals surface area contributed by atoms with Gasteiger partial charge in [-0.05, 0) is 56.0 Å². The van der Waals surface area contributed by atoms with Crippen molar-refractivity contribution in [2.75, 3.05) is 11.9 Å². The molecule has 1 saturated carbocycles. The lowest BCUT2D eigenvalue weighted by Gasteiger charge is -2.19. The number of aromatic nitrogens is 3. The minimum atomic E-state index is -0.552. The molecule has 1 aliphatic carbocycles. The van der Waals surface area contributed by atoms with Gasteiger partial charge in [0.05, 0.1) is 24.1 Å². The summed E-state index contributed by atoms with van der Waals surface area (Å²) in [7, 11) is 0. The minimum Gasteiger partial charge on any atom is -0.489 e.